The van der Waals surface area contributed by atoms with Gasteiger partial charge in [0.25, 0.3) is 0 Å². The molecule has 2 rings (SSSR count). The minimum absolute atomic E-state index is 0. The van der Waals surface area contributed by atoms with E-state index in [4.69, 9.17) is 4.74 Å². The van der Waals surface area contributed by atoms with Gasteiger partial charge in [0.15, 0.2) is 5.96 Å². The minimum Gasteiger partial charge on any atom is -0.381 e. The quantitative estimate of drug-likeness (QED) is 0.391. The van der Waals surface area contributed by atoms with E-state index in [-0.39, 0.29) is 36.4 Å². The standard InChI is InChI=1S/C15H24N4O2S.HI/c1-19(2)14(20)10-18-15(16-8-12-5-6-21-11-12)17-9-13-4-3-7-22-13;/h3-4,7,12H,5-6,8-11H2,1-2H3,(H2,16,17,18);1H. The van der Waals surface area contributed by atoms with Gasteiger partial charge in [-0.05, 0) is 17.9 Å². The number of likely N-dealkylation sites (N-methyl/N-ethyl adjacent to an activating group) is 1. The number of hydrogen-bond donors (Lipinski definition) is 2. The van der Waals surface area contributed by atoms with Crippen LogP contribution in [0.5, 0.6) is 0 Å². The topological polar surface area (TPSA) is 66.0 Å². The van der Waals surface area contributed by atoms with Crippen LogP contribution < -0.4 is 10.6 Å². The zero-order valence-corrected chi connectivity index (χ0v) is 16.7. The van der Waals surface area contributed by atoms with E-state index in [1.165, 1.54) is 4.88 Å². The van der Waals surface area contributed by atoms with Crippen molar-refractivity contribution in [2.45, 2.75) is 13.0 Å². The molecule has 1 amide bonds. The Balaban J connectivity index is 0.00000264. The number of nitrogens with zero attached hydrogens (tertiary/aromatic N) is 2. The number of hydrogen-bond acceptors (Lipinski definition) is 4. The van der Waals surface area contributed by atoms with Crippen LogP contribution in [0.15, 0.2) is 22.5 Å². The van der Waals surface area contributed by atoms with Gasteiger partial charge in [0.1, 0.15) is 6.54 Å². The largest absolute Gasteiger partial charge is 0.381 e. The number of guanidine groups is 1. The van der Waals surface area contributed by atoms with E-state index in [0.29, 0.717) is 18.4 Å². The summed E-state index contributed by atoms with van der Waals surface area (Å²) in [6, 6.07) is 4.10. The molecule has 2 N–H and O–H groups in total. The van der Waals surface area contributed by atoms with Crippen molar-refractivity contribution in [3.63, 3.8) is 0 Å². The molecule has 0 bridgehead atoms. The van der Waals surface area contributed by atoms with Crippen molar-refractivity contribution >= 4 is 47.2 Å². The maximum atomic E-state index is 11.7. The third-order valence-corrected chi connectivity index (χ3v) is 4.34. The van der Waals surface area contributed by atoms with Crippen molar-refractivity contribution in [2.75, 3.05) is 40.4 Å². The average Bonchev–Trinajstić information content (AvgIpc) is 3.19. The summed E-state index contributed by atoms with van der Waals surface area (Å²) in [5.41, 5.74) is 0. The maximum Gasteiger partial charge on any atom is 0.243 e. The van der Waals surface area contributed by atoms with Crippen molar-refractivity contribution in [3.8, 4) is 0 Å². The Hall–Kier alpha value is -0.870. The number of thiophene rings is 1. The summed E-state index contributed by atoms with van der Waals surface area (Å²) in [5, 5.41) is 8.64. The van der Waals surface area contributed by atoms with Gasteiger partial charge < -0.3 is 20.3 Å². The van der Waals surface area contributed by atoms with E-state index in [2.05, 4.69) is 21.7 Å². The Morgan fingerprint density at radius 2 is 2.30 bits per heavy atom. The number of rotatable bonds is 6. The third kappa shape index (κ3) is 7.49. The lowest BCUT2D eigenvalue weighted by atomic mass is 10.1. The lowest BCUT2D eigenvalue weighted by molar-refractivity contribution is -0.127. The molecule has 1 aromatic rings. The summed E-state index contributed by atoms with van der Waals surface area (Å²) < 4.78 is 5.38. The molecule has 0 radical (unpaired) electrons. The Morgan fingerprint density at radius 3 is 2.91 bits per heavy atom. The van der Waals surface area contributed by atoms with Gasteiger partial charge in [0.05, 0.1) is 13.2 Å². The predicted octanol–water partition coefficient (Wildman–Crippen LogP) is 1.53. The van der Waals surface area contributed by atoms with Crippen molar-refractivity contribution in [1.82, 2.24) is 15.5 Å². The number of aliphatic imine (C=N–C) groups is 1. The van der Waals surface area contributed by atoms with Crippen molar-refractivity contribution in [3.05, 3.63) is 22.4 Å². The van der Waals surface area contributed by atoms with Gasteiger partial charge in [-0.1, -0.05) is 6.07 Å². The highest BCUT2D eigenvalue weighted by atomic mass is 127. The first-order valence-corrected chi connectivity index (χ1v) is 8.35. The molecule has 6 nitrogen and oxygen atoms in total. The second-order valence-electron chi connectivity index (χ2n) is 5.50. The SMILES string of the molecule is CN(C)C(=O)CN=C(NCc1cccs1)NCC1CCOC1.I. The van der Waals surface area contributed by atoms with Crippen LogP contribution in [0, 0.1) is 5.92 Å². The Bertz CT molecular complexity index is 488. The van der Waals surface area contributed by atoms with E-state index in [1.54, 1.807) is 30.3 Å². The molecular weight excluding hydrogens is 427 g/mol. The van der Waals surface area contributed by atoms with Gasteiger partial charge in [0, 0.05) is 38.0 Å². The van der Waals surface area contributed by atoms with Crippen LogP contribution in [-0.4, -0.2) is 57.2 Å². The lowest BCUT2D eigenvalue weighted by Crippen LogP contribution is -2.40. The Morgan fingerprint density at radius 1 is 1.48 bits per heavy atom. The summed E-state index contributed by atoms with van der Waals surface area (Å²) in [7, 11) is 3.47. The van der Waals surface area contributed by atoms with Crippen LogP contribution in [0.4, 0.5) is 0 Å². The molecule has 1 saturated heterocycles. The first kappa shape index (κ1) is 20.2. The highest BCUT2D eigenvalue weighted by molar-refractivity contribution is 14.0. The molecule has 1 atom stereocenters. The van der Waals surface area contributed by atoms with Crippen LogP contribution in [-0.2, 0) is 16.1 Å². The van der Waals surface area contributed by atoms with Gasteiger partial charge >= 0.3 is 0 Å². The summed E-state index contributed by atoms with van der Waals surface area (Å²) in [5.74, 6) is 1.18. The first-order valence-electron chi connectivity index (χ1n) is 7.47. The van der Waals surface area contributed by atoms with Crippen LogP contribution in [0.25, 0.3) is 0 Å². The number of carbonyl (C=O) groups excluding carboxylic acids is 1. The monoisotopic (exact) mass is 452 g/mol. The molecule has 2 heterocycles. The Labute approximate surface area is 158 Å². The van der Waals surface area contributed by atoms with E-state index < -0.39 is 0 Å². The second-order valence-corrected chi connectivity index (χ2v) is 6.53. The molecule has 130 valence electrons. The molecule has 8 heteroatoms. The average molecular weight is 452 g/mol. The van der Waals surface area contributed by atoms with E-state index >= 15 is 0 Å². The highest BCUT2D eigenvalue weighted by Crippen LogP contribution is 2.10. The van der Waals surface area contributed by atoms with Crippen molar-refractivity contribution in [1.29, 1.82) is 0 Å². The van der Waals surface area contributed by atoms with E-state index in [1.807, 2.05) is 11.4 Å². The zero-order chi connectivity index (χ0) is 15.8. The number of ether oxygens (including phenoxy) is 1. The highest BCUT2D eigenvalue weighted by Gasteiger charge is 2.16. The first-order chi connectivity index (χ1) is 10.6. The fraction of sp³-hybridized carbons (Fsp3) is 0.600. The Kier molecular flexibility index (Phi) is 9.49. The van der Waals surface area contributed by atoms with Crippen molar-refractivity contribution in [2.24, 2.45) is 10.9 Å². The van der Waals surface area contributed by atoms with Gasteiger partial charge in [-0.2, -0.15) is 0 Å². The molecule has 0 spiro atoms. The molecule has 0 saturated carbocycles. The lowest BCUT2D eigenvalue weighted by Gasteiger charge is -2.15. The predicted molar refractivity (Wildman–Crippen MR) is 104 cm³/mol. The summed E-state index contributed by atoms with van der Waals surface area (Å²) in [6.07, 6.45) is 1.07. The maximum absolute atomic E-state index is 11.7. The molecule has 1 unspecified atom stereocenters. The summed E-state index contributed by atoms with van der Waals surface area (Å²) >= 11 is 1.70. The number of halogens is 1. The number of nitrogens with one attached hydrogen (secondary N) is 2. The van der Waals surface area contributed by atoms with Crippen LogP contribution >= 0.6 is 35.3 Å². The molecule has 0 aromatic carbocycles. The van der Waals surface area contributed by atoms with Crippen LogP contribution in [0.1, 0.15) is 11.3 Å². The molecule has 1 aromatic heterocycles. The van der Waals surface area contributed by atoms with E-state index in [9.17, 15) is 4.79 Å². The smallest absolute Gasteiger partial charge is 0.243 e. The normalized spacial score (nSPS) is 17.5. The van der Waals surface area contributed by atoms with Gasteiger partial charge in [0.2, 0.25) is 5.91 Å². The molecular formula is C15H25IN4O2S. The minimum atomic E-state index is -0.0126. The van der Waals surface area contributed by atoms with Crippen LogP contribution in [0.2, 0.25) is 0 Å². The van der Waals surface area contributed by atoms with Gasteiger partial charge in [-0.25, -0.2) is 4.99 Å². The van der Waals surface area contributed by atoms with E-state index in [0.717, 1.165) is 26.2 Å². The third-order valence-electron chi connectivity index (χ3n) is 3.46. The zero-order valence-electron chi connectivity index (χ0n) is 13.6. The number of amides is 1. The van der Waals surface area contributed by atoms with Gasteiger partial charge in [-0.3, -0.25) is 4.79 Å². The summed E-state index contributed by atoms with van der Waals surface area (Å²) in [4.78, 5) is 18.8. The summed E-state index contributed by atoms with van der Waals surface area (Å²) in [6.45, 7) is 3.30. The molecule has 23 heavy (non-hydrogen) atoms. The van der Waals surface area contributed by atoms with Crippen LogP contribution in [0.3, 0.4) is 0 Å². The van der Waals surface area contributed by atoms with Gasteiger partial charge in [-0.15, -0.1) is 35.3 Å². The molecule has 1 aliphatic heterocycles. The second kappa shape index (κ2) is 10.8. The molecule has 0 aliphatic carbocycles. The molecule has 1 aliphatic rings. The van der Waals surface area contributed by atoms with Crippen molar-refractivity contribution < 1.29 is 9.53 Å². The fourth-order valence-corrected chi connectivity index (χ4v) is 2.68. The fourth-order valence-electron chi connectivity index (χ4n) is 2.03. The number of carbonyl (C=O) groups is 1. The molecule has 1 fully saturated rings.